The van der Waals surface area contributed by atoms with Gasteiger partial charge in [-0.2, -0.15) is 4.57 Å². The Morgan fingerprint density at radius 2 is 1.60 bits per heavy atom. The first-order valence-electron chi connectivity index (χ1n) is 6.54. The number of anilines is 1. The summed E-state index contributed by atoms with van der Waals surface area (Å²) in [6, 6.07) is 19.6. The van der Waals surface area contributed by atoms with Crippen molar-refractivity contribution in [2.24, 2.45) is 0 Å². The Bertz CT molecular complexity index is 738. The molecule has 0 bridgehead atoms. The number of hydrogen-bond donors (Lipinski definition) is 1. The van der Waals surface area contributed by atoms with E-state index in [-0.39, 0.29) is 5.91 Å². The van der Waals surface area contributed by atoms with Gasteiger partial charge in [0.1, 0.15) is 0 Å². The van der Waals surface area contributed by atoms with Crippen LogP contribution in [0.2, 0.25) is 0 Å². The molecule has 0 saturated carbocycles. The molecule has 3 aromatic rings. The third-order valence-corrected chi connectivity index (χ3v) is 3.13. The summed E-state index contributed by atoms with van der Waals surface area (Å²) in [6.07, 6.45) is 3.91. The van der Waals surface area contributed by atoms with E-state index in [9.17, 15) is 4.79 Å². The number of carbonyl (C=O) groups excluding carboxylic acids is 1. The van der Waals surface area contributed by atoms with Crippen molar-refractivity contribution < 1.29 is 9.36 Å². The van der Waals surface area contributed by atoms with Gasteiger partial charge >= 0.3 is 0 Å². The van der Waals surface area contributed by atoms with E-state index in [0.717, 1.165) is 11.1 Å². The van der Waals surface area contributed by atoms with Gasteiger partial charge in [-0.25, -0.2) is 0 Å². The lowest BCUT2D eigenvalue weighted by molar-refractivity contribution is -0.682. The molecule has 3 rings (SSSR count). The fourth-order valence-corrected chi connectivity index (χ4v) is 2.16. The van der Waals surface area contributed by atoms with E-state index in [2.05, 4.69) is 11.4 Å². The van der Waals surface area contributed by atoms with E-state index >= 15 is 0 Å². The van der Waals surface area contributed by atoms with Crippen LogP contribution < -0.4 is 9.88 Å². The highest BCUT2D eigenvalue weighted by Gasteiger charge is 2.10. The number of benzene rings is 2. The van der Waals surface area contributed by atoms with Gasteiger partial charge in [0.15, 0.2) is 12.4 Å². The molecule has 3 nitrogen and oxygen atoms in total. The molecule has 2 aromatic carbocycles. The first-order valence-corrected chi connectivity index (χ1v) is 6.54. The lowest BCUT2D eigenvalue weighted by Gasteiger charge is -2.03. The molecule has 1 N–H and O–H groups in total. The Labute approximate surface area is 117 Å². The fraction of sp³-hybridized carbons (Fsp3) is 0.0588. The number of amides is 1. The normalized spacial score (nSPS) is 10.4. The monoisotopic (exact) mass is 263 g/mol. The Morgan fingerprint density at radius 3 is 2.40 bits per heavy atom. The van der Waals surface area contributed by atoms with Gasteiger partial charge in [-0.3, -0.25) is 4.79 Å². The molecule has 0 radical (unpaired) electrons. The summed E-state index contributed by atoms with van der Waals surface area (Å²) >= 11 is 0. The minimum absolute atomic E-state index is 0.0310. The van der Waals surface area contributed by atoms with E-state index in [4.69, 9.17) is 0 Å². The van der Waals surface area contributed by atoms with Crippen LogP contribution in [0.25, 0.3) is 10.8 Å². The van der Waals surface area contributed by atoms with Gasteiger partial charge < -0.3 is 5.32 Å². The average Bonchev–Trinajstić information content (AvgIpc) is 2.48. The number of fused-ring (bicyclic) bond motifs is 1. The van der Waals surface area contributed by atoms with Crippen molar-refractivity contribution in [1.82, 2.24) is 0 Å². The molecule has 0 fully saturated rings. The molecular formula is C17H15N2O+. The summed E-state index contributed by atoms with van der Waals surface area (Å²) in [7, 11) is 0. The first kappa shape index (κ1) is 12.4. The maximum atomic E-state index is 12.0. The molecule has 0 aliphatic rings. The van der Waals surface area contributed by atoms with E-state index in [0.29, 0.717) is 6.54 Å². The molecule has 98 valence electrons. The quantitative estimate of drug-likeness (QED) is 0.724. The van der Waals surface area contributed by atoms with Gasteiger partial charge in [0.2, 0.25) is 6.54 Å². The third-order valence-electron chi connectivity index (χ3n) is 3.13. The number of rotatable bonds is 3. The molecule has 1 amide bonds. The molecule has 0 aliphatic heterocycles. The molecular weight excluding hydrogens is 248 g/mol. The third kappa shape index (κ3) is 2.83. The number of hydrogen-bond acceptors (Lipinski definition) is 1. The summed E-state index contributed by atoms with van der Waals surface area (Å²) in [4.78, 5) is 12.0. The van der Waals surface area contributed by atoms with Crippen LogP contribution in [0.1, 0.15) is 0 Å². The van der Waals surface area contributed by atoms with Crippen LogP contribution in [-0.4, -0.2) is 5.91 Å². The maximum absolute atomic E-state index is 12.0. The SMILES string of the molecule is O=C(C[n+]1ccc2ccccc2c1)Nc1ccccc1. The smallest absolute Gasteiger partial charge is 0.290 e. The number of nitrogens with one attached hydrogen (secondary N) is 1. The Morgan fingerprint density at radius 1 is 0.900 bits per heavy atom. The van der Waals surface area contributed by atoms with Crippen LogP contribution in [0.15, 0.2) is 73.1 Å². The van der Waals surface area contributed by atoms with E-state index < -0.39 is 0 Å². The van der Waals surface area contributed by atoms with Crippen molar-refractivity contribution in [3.05, 3.63) is 73.1 Å². The Balaban J connectivity index is 1.74. The van der Waals surface area contributed by atoms with Crippen molar-refractivity contribution in [3.8, 4) is 0 Å². The molecule has 0 aliphatic carbocycles. The van der Waals surface area contributed by atoms with E-state index in [1.54, 1.807) is 0 Å². The highest BCUT2D eigenvalue weighted by molar-refractivity contribution is 5.89. The number of pyridine rings is 1. The molecule has 0 unspecified atom stereocenters. The Kier molecular flexibility index (Phi) is 3.42. The summed E-state index contributed by atoms with van der Waals surface area (Å²) in [5.74, 6) is -0.0310. The molecule has 0 atom stereocenters. The van der Waals surface area contributed by atoms with Gasteiger partial charge in [-0.1, -0.05) is 36.4 Å². The molecule has 20 heavy (non-hydrogen) atoms. The van der Waals surface area contributed by atoms with Gasteiger partial charge in [0, 0.05) is 17.1 Å². The zero-order valence-electron chi connectivity index (χ0n) is 11.0. The van der Waals surface area contributed by atoms with Crippen molar-refractivity contribution in [3.63, 3.8) is 0 Å². The largest absolute Gasteiger partial charge is 0.321 e. The number of nitrogens with zero attached hydrogens (tertiary/aromatic N) is 1. The lowest BCUT2D eigenvalue weighted by Crippen LogP contribution is -2.39. The van der Waals surface area contributed by atoms with E-state index in [1.165, 1.54) is 5.39 Å². The van der Waals surface area contributed by atoms with Crippen molar-refractivity contribution in [2.75, 3.05) is 5.32 Å². The van der Waals surface area contributed by atoms with Crippen LogP contribution in [0, 0.1) is 0 Å². The molecule has 1 aromatic heterocycles. The van der Waals surface area contributed by atoms with Crippen molar-refractivity contribution in [2.45, 2.75) is 6.54 Å². The lowest BCUT2D eigenvalue weighted by atomic mass is 10.2. The number of aromatic nitrogens is 1. The Hall–Kier alpha value is -2.68. The summed E-state index contributed by atoms with van der Waals surface area (Å²) in [6.45, 7) is 0.305. The average molecular weight is 263 g/mol. The standard InChI is InChI=1S/C17H14N2O/c20-17(18-16-8-2-1-3-9-16)13-19-11-10-14-6-4-5-7-15(14)12-19/h1-12H,13H2/p+1. The highest BCUT2D eigenvalue weighted by atomic mass is 16.1. The number of para-hydroxylation sites is 1. The molecule has 3 heteroatoms. The predicted octanol–water partition coefficient (Wildman–Crippen LogP) is 2.77. The zero-order chi connectivity index (χ0) is 13.8. The molecule has 0 spiro atoms. The first-order chi connectivity index (χ1) is 9.81. The zero-order valence-corrected chi connectivity index (χ0v) is 11.0. The second-order valence-electron chi connectivity index (χ2n) is 4.66. The summed E-state index contributed by atoms with van der Waals surface area (Å²) < 4.78 is 1.89. The minimum atomic E-state index is -0.0310. The van der Waals surface area contributed by atoms with Crippen LogP contribution in [0.3, 0.4) is 0 Å². The van der Waals surface area contributed by atoms with E-state index in [1.807, 2.05) is 71.6 Å². The molecule has 0 saturated heterocycles. The summed E-state index contributed by atoms with van der Waals surface area (Å²) in [5, 5.41) is 5.18. The van der Waals surface area contributed by atoms with Gasteiger partial charge in [-0.05, 0) is 23.6 Å². The van der Waals surface area contributed by atoms with Crippen LogP contribution in [0.5, 0.6) is 0 Å². The van der Waals surface area contributed by atoms with Crippen molar-refractivity contribution >= 4 is 22.4 Å². The topological polar surface area (TPSA) is 33.0 Å². The predicted molar refractivity (Wildman–Crippen MR) is 79.2 cm³/mol. The van der Waals surface area contributed by atoms with Crippen LogP contribution in [-0.2, 0) is 11.3 Å². The highest BCUT2D eigenvalue weighted by Crippen LogP contribution is 2.09. The minimum Gasteiger partial charge on any atom is -0.321 e. The van der Waals surface area contributed by atoms with Crippen LogP contribution in [0.4, 0.5) is 5.69 Å². The van der Waals surface area contributed by atoms with Gasteiger partial charge in [0.05, 0.1) is 0 Å². The fourth-order valence-electron chi connectivity index (χ4n) is 2.16. The van der Waals surface area contributed by atoms with Gasteiger partial charge in [-0.15, -0.1) is 0 Å². The summed E-state index contributed by atoms with van der Waals surface area (Å²) in [5.41, 5.74) is 0.818. The second kappa shape index (κ2) is 5.53. The van der Waals surface area contributed by atoms with Gasteiger partial charge in [0.25, 0.3) is 5.91 Å². The van der Waals surface area contributed by atoms with Crippen LogP contribution >= 0.6 is 0 Å². The second-order valence-corrected chi connectivity index (χ2v) is 4.66. The number of carbonyl (C=O) groups is 1. The maximum Gasteiger partial charge on any atom is 0.290 e. The van der Waals surface area contributed by atoms with Crippen molar-refractivity contribution in [1.29, 1.82) is 0 Å². The molecule has 1 heterocycles.